The van der Waals surface area contributed by atoms with E-state index < -0.39 is 0 Å². The van der Waals surface area contributed by atoms with Crippen molar-refractivity contribution in [3.63, 3.8) is 0 Å². The van der Waals surface area contributed by atoms with Crippen molar-refractivity contribution < 1.29 is 9.84 Å². The molecule has 0 amide bonds. The van der Waals surface area contributed by atoms with E-state index in [1.54, 1.807) is 17.5 Å². The minimum Gasteiger partial charge on any atom is -0.457 e. The van der Waals surface area contributed by atoms with Crippen molar-refractivity contribution in [2.75, 3.05) is 11.9 Å². The molecule has 0 fully saturated rings. The summed E-state index contributed by atoms with van der Waals surface area (Å²) >= 11 is 1.56. The molecule has 8 heteroatoms. The number of aliphatic hydroxyl groups is 1. The fraction of sp³-hybridized carbons (Fsp3) is 0.400. The molecule has 3 N–H and O–H groups in total. The van der Waals surface area contributed by atoms with Crippen LogP contribution in [0.15, 0.2) is 36.5 Å². The number of ether oxygens (including phenoxy) is 1. The van der Waals surface area contributed by atoms with Crippen LogP contribution >= 0.6 is 11.3 Å². The zero-order valence-corrected chi connectivity index (χ0v) is 19.7. The summed E-state index contributed by atoms with van der Waals surface area (Å²) in [6, 6.07) is 9.58. The maximum Gasteiger partial charge on any atom is 0.184 e. The van der Waals surface area contributed by atoms with Crippen LogP contribution in [-0.2, 0) is 6.42 Å². The van der Waals surface area contributed by atoms with Crippen molar-refractivity contribution in [3.05, 3.63) is 47.9 Å². The largest absolute Gasteiger partial charge is 0.457 e. The van der Waals surface area contributed by atoms with Gasteiger partial charge in [-0.3, -0.25) is 4.98 Å². The van der Waals surface area contributed by atoms with Crippen molar-refractivity contribution >= 4 is 26.7 Å². The Morgan fingerprint density at radius 3 is 2.64 bits per heavy atom. The molecule has 0 saturated heterocycles. The summed E-state index contributed by atoms with van der Waals surface area (Å²) < 4.78 is 7.14. The normalized spacial score (nSPS) is 12.1. The third-order valence-electron chi connectivity index (χ3n) is 5.19. The van der Waals surface area contributed by atoms with E-state index in [2.05, 4.69) is 46.0 Å². The van der Waals surface area contributed by atoms with Crippen LogP contribution in [0.25, 0.3) is 21.7 Å². The molecular weight excluding hydrogens is 434 g/mol. The Morgan fingerprint density at radius 1 is 1.15 bits per heavy atom. The average Bonchev–Trinajstić information content (AvgIpc) is 3.35. The lowest BCUT2D eigenvalue weighted by Crippen LogP contribution is -2.25. The molecule has 33 heavy (non-hydrogen) atoms. The predicted molar refractivity (Wildman–Crippen MR) is 136 cm³/mol. The predicted octanol–water partition coefficient (Wildman–Crippen LogP) is 6.20. The van der Waals surface area contributed by atoms with Gasteiger partial charge in [0, 0.05) is 24.0 Å². The number of H-pyrrole nitrogens is 1. The Bertz CT molecular complexity index is 1200. The minimum atomic E-state index is -0.0000147. The van der Waals surface area contributed by atoms with E-state index in [1.807, 2.05) is 37.3 Å². The zero-order chi connectivity index (χ0) is 22.7. The monoisotopic (exact) mass is 467 g/mol. The van der Waals surface area contributed by atoms with E-state index in [-0.39, 0.29) is 20.1 Å². The van der Waals surface area contributed by atoms with E-state index in [0.717, 1.165) is 56.8 Å². The Morgan fingerprint density at radius 2 is 1.94 bits per heavy atom. The highest BCUT2D eigenvalue weighted by molar-refractivity contribution is 7.22. The van der Waals surface area contributed by atoms with Crippen molar-refractivity contribution in [1.29, 1.82) is 0 Å². The SMILES string of the molecule is C.CCc1nc(-c2cc(Oc3ccc4nc(N[C@@H](CO)CC(C)C)sc4c3)ccn2)[nH]c1C. The van der Waals surface area contributed by atoms with E-state index in [4.69, 9.17) is 4.74 Å². The number of fused-ring (bicyclic) bond motifs is 1. The maximum absolute atomic E-state index is 9.64. The lowest BCUT2D eigenvalue weighted by atomic mass is 10.0. The number of aromatic amines is 1. The number of anilines is 1. The first-order valence-electron chi connectivity index (χ1n) is 10.9. The number of benzene rings is 1. The molecule has 7 nitrogen and oxygen atoms in total. The van der Waals surface area contributed by atoms with Crippen LogP contribution in [0, 0.1) is 12.8 Å². The van der Waals surface area contributed by atoms with Crippen LogP contribution in [0.3, 0.4) is 0 Å². The second-order valence-corrected chi connectivity index (χ2v) is 9.32. The fourth-order valence-electron chi connectivity index (χ4n) is 3.66. The third kappa shape index (κ3) is 5.89. The van der Waals surface area contributed by atoms with Crippen molar-refractivity contribution in [1.82, 2.24) is 19.9 Å². The molecule has 1 atom stereocenters. The van der Waals surface area contributed by atoms with Gasteiger partial charge in [0.05, 0.1) is 28.6 Å². The number of nitrogens with one attached hydrogen (secondary N) is 2. The van der Waals surface area contributed by atoms with Gasteiger partial charge < -0.3 is 20.1 Å². The van der Waals surface area contributed by atoms with Crippen LogP contribution < -0.4 is 10.1 Å². The number of imidazole rings is 1. The number of aryl methyl sites for hydroxylation is 2. The molecule has 3 aromatic heterocycles. The molecule has 4 rings (SSSR count). The van der Waals surface area contributed by atoms with Gasteiger partial charge in [-0.15, -0.1) is 0 Å². The van der Waals surface area contributed by atoms with E-state index in [9.17, 15) is 5.11 Å². The van der Waals surface area contributed by atoms with E-state index in [0.29, 0.717) is 11.7 Å². The summed E-state index contributed by atoms with van der Waals surface area (Å²) in [6.45, 7) is 8.49. The highest BCUT2D eigenvalue weighted by Crippen LogP contribution is 2.32. The van der Waals surface area contributed by atoms with Gasteiger partial charge in [-0.2, -0.15) is 0 Å². The second kappa shape index (κ2) is 10.8. The summed E-state index contributed by atoms with van der Waals surface area (Å²) in [5, 5.41) is 13.8. The Labute approximate surface area is 199 Å². The summed E-state index contributed by atoms with van der Waals surface area (Å²) in [5.41, 5.74) is 3.76. The number of aromatic nitrogens is 4. The maximum atomic E-state index is 9.64. The summed E-state index contributed by atoms with van der Waals surface area (Å²) in [6.07, 6.45) is 3.49. The van der Waals surface area contributed by atoms with Gasteiger partial charge in [-0.1, -0.05) is 39.5 Å². The van der Waals surface area contributed by atoms with Crippen molar-refractivity contribution in [2.45, 2.75) is 54.0 Å². The number of aliphatic hydroxyl groups excluding tert-OH is 1. The molecule has 0 aliphatic carbocycles. The Balaban J connectivity index is 0.00000306. The molecule has 0 bridgehead atoms. The van der Waals surface area contributed by atoms with Crippen molar-refractivity contribution in [3.8, 4) is 23.0 Å². The highest BCUT2D eigenvalue weighted by atomic mass is 32.1. The average molecular weight is 468 g/mol. The third-order valence-corrected chi connectivity index (χ3v) is 6.14. The van der Waals surface area contributed by atoms with Crippen LogP contribution in [0.4, 0.5) is 5.13 Å². The molecule has 0 aliphatic rings. The number of thiazole rings is 1. The van der Waals surface area contributed by atoms with Gasteiger partial charge >= 0.3 is 0 Å². The first kappa shape index (κ1) is 24.7. The molecule has 0 aliphatic heterocycles. The zero-order valence-electron chi connectivity index (χ0n) is 18.8. The van der Waals surface area contributed by atoms with Gasteiger partial charge in [0.15, 0.2) is 11.0 Å². The molecule has 1 aromatic carbocycles. The summed E-state index contributed by atoms with van der Waals surface area (Å²) in [4.78, 5) is 17.0. The molecule has 176 valence electrons. The summed E-state index contributed by atoms with van der Waals surface area (Å²) in [5.74, 6) is 2.67. The molecular formula is C25H33N5O2S. The lowest BCUT2D eigenvalue weighted by Gasteiger charge is -2.17. The Hall–Kier alpha value is -2.97. The fourth-order valence-corrected chi connectivity index (χ4v) is 4.63. The van der Waals surface area contributed by atoms with Gasteiger partial charge in [-0.05, 0) is 43.9 Å². The smallest absolute Gasteiger partial charge is 0.184 e. The quantitative estimate of drug-likeness (QED) is 0.271. The first-order chi connectivity index (χ1) is 15.4. The topological polar surface area (TPSA) is 96.0 Å². The summed E-state index contributed by atoms with van der Waals surface area (Å²) in [7, 11) is 0. The van der Waals surface area contributed by atoms with Crippen LogP contribution in [0.5, 0.6) is 11.5 Å². The van der Waals surface area contributed by atoms with Gasteiger partial charge in [-0.25, -0.2) is 9.97 Å². The van der Waals surface area contributed by atoms with E-state index >= 15 is 0 Å². The lowest BCUT2D eigenvalue weighted by molar-refractivity contribution is 0.259. The minimum absolute atomic E-state index is 0. The molecule has 0 radical (unpaired) electrons. The second-order valence-electron chi connectivity index (χ2n) is 8.29. The molecule has 0 saturated carbocycles. The van der Waals surface area contributed by atoms with Crippen molar-refractivity contribution in [2.24, 2.45) is 5.92 Å². The van der Waals surface area contributed by atoms with Gasteiger partial charge in [0.25, 0.3) is 0 Å². The standard InChI is InChI=1S/C24H29N5O2S.CH4/c1-5-19-15(4)26-23(28-19)21-11-18(8-9-25-21)31-17-6-7-20-22(12-17)32-24(29-20)27-16(13-30)10-14(2)3;/h6-9,11-12,14,16,30H,5,10,13H2,1-4H3,(H,26,28)(H,27,29);1H4/t16-;/m1./s1. The van der Waals surface area contributed by atoms with Gasteiger partial charge in [0.2, 0.25) is 0 Å². The number of hydrogen-bond donors (Lipinski definition) is 3. The number of nitrogens with zero attached hydrogens (tertiary/aromatic N) is 3. The molecule has 3 heterocycles. The Kier molecular flexibility index (Phi) is 8.05. The molecule has 0 unspecified atom stereocenters. The molecule has 4 aromatic rings. The first-order valence-corrected chi connectivity index (χ1v) is 11.7. The highest BCUT2D eigenvalue weighted by Gasteiger charge is 2.14. The van der Waals surface area contributed by atoms with Crippen LogP contribution in [0.2, 0.25) is 0 Å². The molecule has 0 spiro atoms. The van der Waals surface area contributed by atoms with Gasteiger partial charge in [0.1, 0.15) is 17.2 Å². The van der Waals surface area contributed by atoms with E-state index in [1.165, 1.54) is 0 Å². The van der Waals surface area contributed by atoms with Crippen LogP contribution in [0.1, 0.15) is 46.0 Å². The number of rotatable bonds is 9. The number of pyridine rings is 1. The van der Waals surface area contributed by atoms with Crippen LogP contribution in [-0.4, -0.2) is 37.7 Å². The number of hydrogen-bond acceptors (Lipinski definition) is 7.